The van der Waals surface area contributed by atoms with Gasteiger partial charge in [-0.15, -0.1) is 0 Å². The number of aryl methyl sites for hydroxylation is 2. The molecule has 0 bridgehead atoms. The van der Waals surface area contributed by atoms with E-state index in [1.807, 2.05) is 31.2 Å². The van der Waals surface area contributed by atoms with E-state index in [0.717, 1.165) is 11.1 Å². The second kappa shape index (κ2) is 5.56. The van der Waals surface area contributed by atoms with E-state index in [-0.39, 0.29) is 18.0 Å². The van der Waals surface area contributed by atoms with Crippen molar-refractivity contribution in [1.29, 1.82) is 0 Å². The third kappa shape index (κ3) is 3.03. The van der Waals surface area contributed by atoms with Gasteiger partial charge in [0.05, 0.1) is 11.1 Å². The van der Waals surface area contributed by atoms with Gasteiger partial charge < -0.3 is 9.30 Å². The minimum absolute atomic E-state index is 0.130. The van der Waals surface area contributed by atoms with Crippen molar-refractivity contribution in [2.24, 2.45) is 7.05 Å². The number of carbonyl (C=O) groups excluding carboxylic acids is 1. The van der Waals surface area contributed by atoms with Crippen LogP contribution in [0.1, 0.15) is 21.6 Å². The van der Waals surface area contributed by atoms with Crippen LogP contribution in [0.5, 0.6) is 0 Å². The molecule has 1 heterocycles. The zero-order valence-electron chi connectivity index (χ0n) is 11.2. The molecule has 0 aliphatic rings. The van der Waals surface area contributed by atoms with E-state index >= 15 is 0 Å². The highest BCUT2D eigenvalue weighted by molar-refractivity contribution is 5.88. The molecule has 0 amide bonds. The molecule has 6 nitrogen and oxygen atoms in total. The Labute approximate surface area is 115 Å². The van der Waals surface area contributed by atoms with Crippen molar-refractivity contribution in [2.45, 2.75) is 13.5 Å². The third-order valence-electron chi connectivity index (χ3n) is 2.90. The van der Waals surface area contributed by atoms with E-state index in [1.165, 1.54) is 16.8 Å². The fraction of sp³-hybridized carbons (Fsp3) is 0.214. The van der Waals surface area contributed by atoms with Gasteiger partial charge in [0.15, 0.2) is 0 Å². The summed E-state index contributed by atoms with van der Waals surface area (Å²) in [5, 5.41) is 10.6. The van der Waals surface area contributed by atoms with Crippen LogP contribution in [0.4, 0.5) is 5.69 Å². The van der Waals surface area contributed by atoms with Crippen LogP contribution in [0.15, 0.2) is 36.5 Å². The lowest BCUT2D eigenvalue weighted by molar-refractivity contribution is -0.384. The van der Waals surface area contributed by atoms with Gasteiger partial charge >= 0.3 is 5.97 Å². The summed E-state index contributed by atoms with van der Waals surface area (Å²) in [7, 11) is 1.56. The Morgan fingerprint density at radius 2 is 2.00 bits per heavy atom. The van der Waals surface area contributed by atoms with Crippen molar-refractivity contribution < 1.29 is 14.5 Å². The first kappa shape index (κ1) is 13.8. The van der Waals surface area contributed by atoms with Crippen LogP contribution in [-0.4, -0.2) is 15.5 Å². The summed E-state index contributed by atoms with van der Waals surface area (Å²) in [6.45, 7) is 2.11. The van der Waals surface area contributed by atoms with Gasteiger partial charge in [-0.3, -0.25) is 10.1 Å². The summed E-state index contributed by atoms with van der Waals surface area (Å²) in [5.74, 6) is -0.582. The predicted octanol–water partition coefficient (Wildman–Crippen LogP) is 2.60. The molecular weight excluding hydrogens is 260 g/mol. The molecule has 0 radical (unpaired) electrons. The van der Waals surface area contributed by atoms with Gasteiger partial charge in [-0.1, -0.05) is 29.8 Å². The Balaban J connectivity index is 2.05. The Morgan fingerprint density at radius 1 is 1.35 bits per heavy atom. The number of rotatable bonds is 4. The lowest BCUT2D eigenvalue weighted by Gasteiger charge is -2.05. The van der Waals surface area contributed by atoms with Crippen LogP contribution in [0.2, 0.25) is 0 Å². The first-order valence-corrected chi connectivity index (χ1v) is 6.01. The van der Waals surface area contributed by atoms with Crippen LogP contribution in [0, 0.1) is 17.0 Å². The van der Waals surface area contributed by atoms with E-state index < -0.39 is 10.9 Å². The molecule has 0 spiro atoms. The maximum Gasteiger partial charge on any atom is 0.355 e. The first-order chi connectivity index (χ1) is 9.47. The van der Waals surface area contributed by atoms with E-state index in [2.05, 4.69) is 0 Å². The Bertz CT molecular complexity index is 644. The van der Waals surface area contributed by atoms with Crippen molar-refractivity contribution in [3.8, 4) is 0 Å². The summed E-state index contributed by atoms with van der Waals surface area (Å²) >= 11 is 0. The molecule has 0 unspecified atom stereocenters. The molecule has 1 aromatic carbocycles. The Kier molecular flexibility index (Phi) is 3.84. The number of aromatic nitrogens is 1. The maximum absolute atomic E-state index is 11.9. The molecule has 0 aliphatic heterocycles. The molecule has 0 fully saturated rings. The number of nitro groups is 1. The van der Waals surface area contributed by atoms with Gasteiger partial charge in [0, 0.05) is 13.1 Å². The quantitative estimate of drug-likeness (QED) is 0.488. The van der Waals surface area contributed by atoms with E-state index in [0.29, 0.717) is 0 Å². The number of nitrogens with zero attached hydrogens (tertiary/aromatic N) is 2. The predicted molar refractivity (Wildman–Crippen MR) is 72.4 cm³/mol. The van der Waals surface area contributed by atoms with Crippen LogP contribution < -0.4 is 0 Å². The fourth-order valence-electron chi connectivity index (χ4n) is 1.76. The van der Waals surface area contributed by atoms with E-state index in [9.17, 15) is 14.9 Å². The second-order valence-electron chi connectivity index (χ2n) is 4.51. The SMILES string of the molecule is Cc1ccc(COC(=O)c2cc([N+](=O)[O-])cn2C)cc1. The average Bonchev–Trinajstić information content (AvgIpc) is 2.80. The molecule has 104 valence electrons. The Hall–Kier alpha value is -2.63. The van der Waals surface area contributed by atoms with Gasteiger partial charge in [0.2, 0.25) is 0 Å². The number of hydrogen-bond donors (Lipinski definition) is 0. The van der Waals surface area contributed by atoms with Crippen molar-refractivity contribution in [2.75, 3.05) is 0 Å². The summed E-state index contributed by atoms with van der Waals surface area (Å²) < 4.78 is 6.53. The van der Waals surface area contributed by atoms with Crippen molar-refractivity contribution in [3.05, 3.63) is 63.5 Å². The maximum atomic E-state index is 11.9. The summed E-state index contributed by atoms with van der Waals surface area (Å²) in [6.07, 6.45) is 1.28. The van der Waals surface area contributed by atoms with Crippen molar-refractivity contribution in [3.63, 3.8) is 0 Å². The van der Waals surface area contributed by atoms with E-state index in [1.54, 1.807) is 7.05 Å². The monoisotopic (exact) mass is 274 g/mol. The number of benzene rings is 1. The van der Waals surface area contributed by atoms with Crippen LogP contribution >= 0.6 is 0 Å². The molecule has 6 heteroatoms. The molecule has 0 N–H and O–H groups in total. The molecule has 0 saturated carbocycles. The third-order valence-corrected chi connectivity index (χ3v) is 2.90. The minimum atomic E-state index is -0.582. The standard InChI is InChI=1S/C14H14N2O4/c1-10-3-5-11(6-4-10)9-20-14(17)13-7-12(16(18)19)8-15(13)2/h3-8H,9H2,1-2H3. The zero-order valence-corrected chi connectivity index (χ0v) is 11.2. The fourth-order valence-corrected chi connectivity index (χ4v) is 1.76. The average molecular weight is 274 g/mol. The van der Waals surface area contributed by atoms with Crippen LogP contribution in [0.3, 0.4) is 0 Å². The van der Waals surface area contributed by atoms with Gasteiger partial charge in [0.25, 0.3) is 5.69 Å². The molecular formula is C14H14N2O4. The number of ether oxygens (including phenoxy) is 1. The van der Waals surface area contributed by atoms with Crippen LogP contribution in [0.25, 0.3) is 0 Å². The molecule has 1 aromatic heterocycles. The second-order valence-corrected chi connectivity index (χ2v) is 4.51. The number of esters is 1. The summed E-state index contributed by atoms with van der Waals surface area (Å²) in [5.41, 5.74) is 2.02. The number of hydrogen-bond acceptors (Lipinski definition) is 4. The number of carbonyl (C=O) groups is 1. The van der Waals surface area contributed by atoms with Gasteiger partial charge in [-0.2, -0.15) is 0 Å². The topological polar surface area (TPSA) is 74.4 Å². The molecule has 20 heavy (non-hydrogen) atoms. The highest BCUT2D eigenvalue weighted by Crippen LogP contribution is 2.16. The van der Waals surface area contributed by atoms with Crippen molar-refractivity contribution in [1.82, 2.24) is 4.57 Å². The molecule has 2 aromatic rings. The summed E-state index contributed by atoms with van der Waals surface area (Å²) in [6, 6.07) is 8.80. The molecule has 0 saturated heterocycles. The normalized spacial score (nSPS) is 10.3. The molecule has 0 atom stereocenters. The molecule has 0 aliphatic carbocycles. The lowest BCUT2D eigenvalue weighted by Crippen LogP contribution is -2.09. The Morgan fingerprint density at radius 3 is 2.55 bits per heavy atom. The highest BCUT2D eigenvalue weighted by Gasteiger charge is 2.18. The smallest absolute Gasteiger partial charge is 0.355 e. The van der Waals surface area contributed by atoms with Crippen LogP contribution in [-0.2, 0) is 18.4 Å². The van der Waals surface area contributed by atoms with E-state index in [4.69, 9.17) is 4.74 Å². The first-order valence-electron chi connectivity index (χ1n) is 6.01. The van der Waals surface area contributed by atoms with Gasteiger partial charge in [-0.25, -0.2) is 4.79 Å². The molecule has 2 rings (SSSR count). The highest BCUT2D eigenvalue weighted by atomic mass is 16.6. The lowest BCUT2D eigenvalue weighted by atomic mass is 10.2. The van der Waals surface area contributed by atoms with Gasteiger partial charge in [-0.05, 0) is 12.5 Å². The summed E-state index contributed by atoms with van der Waals surface area (Å²) in [4.78, 5) is 22.0. The largest absolute Gasteiger partial charge is 0.456 e. The zero-order chi connectivity index (χ0) is 14.7. The van der Waals surface area contributed by atoms with Gasteiger partial charge in [0.1, 0.15) is 12.3 Å². The van der Waals surface area contributed by atoms with Crippen molar-refractivity contribution >= 4 is 11.7 Å². The minimum Gasteiger partial charge on any atom is -0.456 e.